The molecule has 0 atom stereocenters. The molecule has 0 radical (unpaired) electrons. The van der Waals surface area contributed by atoms with Crippen LogP contribution in [0.15, 0.2) is 89.8 Å². The van der Waals surface area contributed by atoms with E-state index in [0.29, 0.717) is 0 Å². The lowest BCUT2D eigenvalue weighted by molar-refractivity contribution is 0.104. The number of aromatic hydroxyl groups is 1. The molecule has 0 heterocycles. The van der Waals surface area contributed by atoms with Gasteiger partial charge in [0.1, 0.15) is 5.75 Å². The molecule has 0 aliphatic heterocycles. The smallest absolute Gasteiger partial charge is 0.261 e. The number of carbonyl (C=O) groups excluding carboxylic acids is 1. The Labute approximate surface area is 157 Å². The summed E-state index contributed by atoms with van der Waals surface area (Å²) in [6.07, 6.45) is 2.96. The predicted octanol–water partition coefficient (Wildman–Crippen LogP) is 4.09. The molecule has 3 rings (SSSR count). The third-order valence-electron chi connectivity index (χ3n) is 3.79. The molecule has 6 heteroatoms. The molecule has 0 aromatic heterocycles. The molecule has 0 unspecified atom stereocenters. The van der Waals surface area contributed by atoms with E-state index in [1.807, 2.05) is 30.3 Å². The molecule has 0 saturated heterocycles. The maximum Gasteiger partial charge on any atom is 0.261 e. The van der Waals surface area contributed by atoms with Gasteiger partial charge in [-0.2, -0.15) is 0 Å². The van der Waals surface area contributed by atoms with Gasteiger partial charge in [-0.1, -0.05) is 54.6 Å². The fraction of sp³-hybridized carbons (Fsp3) is 0. The number of phenols is 1. The van der Waals surface area contributed by atoms with Crippen LogP contribution in [-0.4, -0.2) is 19.3 Å². The van der Waals surface area contributed by atoms with E-state index in [4.69, 9.17) is 0 Å². The maximum absolute atomic E-state index is 12.4. The Morgan fingerprint density at radius 3 is 2.19 bits per heavy atom. The highest BCUT2D eigenvalue weighted by Gasteiger charge is 2.16. The van der Waals surface area contributed by atoms with Gasteiger partial charge in [0.15, 0.2) is 5.78 Å². The SMILES string of the molecule is O=C(C=Cc1ccccc1)c1cc(NS(=O)(=O)c2ccccc2)ccc1O. The topological polar surface area (TPSA) is 83.5 Å². The van der Waals surface area contributed by atoms with Crippen molar-refractivity contribution in [3.8, 4) is 5.75 Å². The average Bonchev–Trinajstić information content (AvgIpc) is 2.69. The molecular weight excluding hydrogens is 362 g/mol. The number of hydrogen-bond donors (Lipinski definition) is 2. The van der Waals surface area contributed by atoms with Crippen molar-refractivity contribution in [2.75, 3.05) is 4.72 Å². The van der Waals surface area contributed by atoms with E-state index >= 15 is 0 Å². The Balaban J connectivity index is 1.84. The fourth-order valence-corrected chi connectivity index (χ4v) is 3.51. The number of allylic oxidation sites excluding steroid dienone is 1. The van der Waals surface area contributed by atoms with Gasteiger partial charge in [-0.3, -0.25) is 9.52 Å². The molecule has 0 bridgehead atoms. The number of hydrogen-bond acceptors (Lipinski definition) is 4. The summed E-state index contributed by atoms with van der Waals surface area (Å²) in [5.74, 6) is -0.655. The van der Waals surface area contributed by atoms with E-state index in [9.17, 15) is 18.3 Å². The lowest BCUT2D eigenvalue weighted by Gasteiger charge is -2.10. The molecule has 0 spiro atoms. The number of carbonyl (C=O) groups is 1. The van der Waals surface area contributed by atoms with Gasteiger partial charge in [0.2, 0.25) is 0 Å². The number of rotatable bonds is 6. The van der Waals surface area contributed by atoms with Gasteiger partial charge in [-0.25, -0.2) is 8.42 Å². The van der Waals surface area contributed by atoms with Crippen LogP contribution in [0, 0.1) is 0 Å². The lowest BCUT2D eigenvalue weighted by Crippen LogP contribution is -2.13. The summed E-state index contributed by atoms with van der Waals surface area (Å²) in [5.41, 5.74) is 1.04. The van der Waals surface area contributed by atoms with Gasteiger partial charge in [-0.15, -0.1) is 0 Å². The van der Waals surface area contributed by atoms with Crippen LogP contribution in [0.4, 0.5) is 5.69 Å². The fourth-order valence-electron chi connectivity index (χ4n) is 2.44. The van der Waals surface area contributed by atoms with Crippen LogP contribution in [0.1, 0.15) is 15.9 Å². The molecular formula is C21H17NO4S. The first-order chi connectivity index (χ1) is 13.0. The molecule has 3 aromatic carbocycles. The van der Waals surface area contributed by atoms with Crippen LogP contribution >= 0.6 is 0 Å². The van der Waals surface area contributed by atoms with Crippen LogP contribution in [0.3, 0.4) is 0 Å². The highest BCUT2D eigenvalue weighted by Crippen LogP contribution is 2.24. The molecule has 0 fully saturated rings. The van der Waals surface area contributed by atoms with E-state index < -0.39 is 15.8 Å². The minimum atomic E-state index is -3.78. The van der Waals surface area contributed by atoms with Gasteiger partial charge in [0, 0.05) is 5.69 Å². The predicted molar refractivity (Wildman–Crippen MR) is 105 cm³/mol. The first-order valence-corrected chi connectivity index (χ1v) is 9.62. The number of ketones is 1. The second kappa shape index (κ2) is 7.88. The third-order valence-corrected chi connectivity index (χ3v) is 5.19. The normalized spacial score (nSPS) is 11.4. The van der Waals surface area contributed by atoms with Gasteiger partial charge >= 0.3 is 0 Å². The molecule has 3 aromatic rings. The van der Waals surface area contributed by atoms with E-state index in [1.165, 1.54) is 36.4 Å². The quantitative estimate of drug-likeness (QED) is 0.384. The Hall–Kier alpha value is -3.38. The van der Waals surface area contributed by atoms with Crippen molar-refractivity contribution in [3.63, 3.8) is 0 Å². The Morgan fingerprint density at radius 1 is 0.889 bits per heavy atom. The molecule has 0 aliphatic rings. The van der Waals surface area contributed by atoms with E-state index in [1.54, 1.807) is 24.3 Å². The standard InChI is InChI=1S/C21H17NO4S/c23-20(13-11-16-7-3-1-4-8-16)19-15-17(12-14-21(19)24)22-27(25,26)18-9-5-2-6-10-18/h1-15,22,24H. The minimum absolute atomic E-state index is 0.00967. The van der Waals surface area contributed by atoms with Crippen molar-refractivity contribution in [2.24, 2.45) is 0 Å². The molecule has 0 amide bonds. The summed E-state index contributed by atoms with van der Waals surface area (Å²) in [5, 5.41) is 9.99. The Kier molecular flexibility index (Phi) is 5.38. The first kappa shape index (κ1) is 18.4. The van der Waals surface area contributed by atoms with Crippen molar-refractivity contribution in [2.45, 2.75) is 4.90 Å². The zero-order chi connectivity index (χ0) is 19.3. The summed E-state index contributed by atoms with van der Waals surface area (Å²) >= 11 is 0. The van der Waals surface area contributed by atoms with Crippen LogP contribution in [0.5, 0.6) is 5.75 Å². The van der Waals surface area contributed by atoms with Gasteiger partial charge in [0.25, 0.3) is 10.0 Å². The highest BCUT2D eigenvalue weighted by atomic mass is 32.2. The van der Waals surface area contributed by atoms with Crippen molar-refractivity contribution in [1.29, 1.82) is 0 Å². The second-order valence-corrected chi connectivity index (χ2v) is 7.44. The van der Waals surface area contributed by atoms with Crippen LogP contribution in [-0.2, 0) is 10.0 Å². The minimum Gasteiger partial charge on any atom is -0.507 e. The van der Waals surface area contributed by atoms with Crippen molar-refractivity contribution < 1.29 is 18.3 Å². The van der Waals surface area contributed by atoms with Crippen molar-refractivity contribution >= 4 is 27.6 Å². The molecule has 27 heavy (non-hydrogen) atoms. The van der Waals surface area contributed by atoms with Crippen molar-refractivity contribution in [3.05, 3.63) is 96.1 Å². The van der Waals surface area contributed by atoms with Crippen molar-refractivity contribution in [1.82, 2.24) is 0 Å². The number of benzene rings is 3. The molecule has 2 N–H and O–H groups in total. The zero-order valence-corrected chi connectivity index (χ0v) is 15.1. The summed E-state index contributed by atoms with van der Waals surface area (Å²) in [7, 11) is -3.78. The summed E-state index contributed by atoms with van der Waals surface area (Å²) in [6.45, 7) is 0. The first-order valence-electron chi connectivity index (χ1n) is 8.14. The maximum atomic E-state index is 12.4. The lowest BCUT2D eigenvalue weighted by atomic mass is 10.1. The highest BCUT2D eigenvalue weighted by molar-refractivity contribution is 7.92. The Bertz CT molecular complexity index is 1080. The van der Waals surface area contributed by atoms with Gasteiger partial charge < -0.3 is 5.11 Å². The summed E-state index contributed by atoms with van der Waals surface area (Å²) in [6, 6.07) is 21.1. The Morgan fingerprint density at radius 2 is 1.52 bits per heavy atom. The van der Waals surface area contributed by atoms with Crippen LogP contribution < -0.4 is 4.72 Å². The number of anilines is 1. The van der Waals surface area contributed by atoms with Crippen LogP contribution in [0.25, 0.3) is 6.08 Å². The molecule has 0 saturated carbocycles. The van der Waals surface area contributed by atoms with Gasteiger partial charge in [-0.05, 0) is 42.0 Å². The van der Waals surface area contributed by atoms with Gasteiger partial charge in [0.05, 0.1) is 10.5 Å². The molecule has 5 nitrogen and oxygen atoms in total. The molecule has 0 aliphatic carbocycles. The number of sulfonamides is 1. The van der Waals surface area contributed by atoms with E-state index in [2.05, 4.69) is 4.72 Å². The second-order valence-electron chi connectivity index (χ2n) is 5.76. The average molecular weight is 379 g/mol. The van der Waals surface area contributed by atoms with E-state index in [0.717, 1.165) is 5.56 Å². The van der Waals surface area contributed by atoms with E-state index in [-0.39, 0.29) is 21.9 Å². The van der Waals surface area contributed by atoms with Crippen LogP contribution in [0.2, 0.25) is 0 Å². The zero-order valence-electron chi connectivity index (χ0n) is 14.2. The summed E-state index contributed by atoms with van der Waals surface area (Å²) < 4.78 is 27.2. The summed E-state index contributed by atoms with van der Waals surface area (Å²) in [4.78, 5) is 12.5. The molecule has 136 valence electrons. The monoisotopic (exact) mass is 379 g/mol. The largest absolute Gasteiger partial charge is 0.507 e. The third kappa shape index (κ3) is 4.62. The number of phenolic OH excluding ortho intramolecular Hbond substituents is 1. The number of nitrogens with one attached hydrogen (secondary N) is 1.